The lowest BCUT2D eigenvalue weighted by molar-refractivity contribution is -0.139. The highest BCUT2D eigenvalue weighted by Gasteiger charge is 2.29. The predicted molar refractivity (Wildman–Crippen MR) is 56.5 cm³/mol. The molecule has 1 aliphatic rings. The smallest absolute Gasteiger partial charge is 0.239 e. The summed E-state index contributed by atoms with van der Waals surface area (Å²) in [6, 6.07) is -0.131. The Kier molecular flexibility index (Phi) is 5.01. The third-order valence-corrected chi connectivity index (χ3v) is 2.72. The van der Waals surface area contributed by atoms with Crippen LogP contribution in [0.1, 0.15) is 13.3 Å². The van der Waals surface area contributed by atoms with E-state index in [4.69, 9.17) is 9.84 Å². The first-order valence-corrected chi connectivity index (χ1v) is 5.34. The molecule has 0 aromatic carbocycles. The van der Waals surface area contributed by atoms with Gasteiger partial charge in [0.25, 0.3) is 0 Å². The van der Waals surface area contributed by atoms with Gasteiger partial charge in [-0.3, -0.25) is 4.79 Å². The fraction of sp³-hybridized carbons (Fsp3) is 0.900. The lowest BCUT2D eigenvalue weighted by Gasteiger charge is -2.37. The van der Waals surface area contributed by atoms with Crippen LogP contribution in [0.5, 0.6) is 0 Å². The maximum Gasteiger partial charge on any atom is 0.239 e. The number of ether oxygens (including phenoxy) is 1. The number of hydrogen-bond acceptors (Lipinski definition) is 4. The predicted octanol–water partition coefficient (Wildman–Crippen LogP) is -0.796. The van der Waals surface area contributed by atoms with Gasteiger partial charge in [-0.05, 0) is 13.3 Å². The highest BCUT2D eigenvalue weighted by Crippen LogP contribution is 2.10. The number of rotatable bonds is 5. The Hall–Kier alpha value is -0.650. The number of carbonyl (C=O) groups is 1. The first-order chi connectivity index (χ1) is 7.20. The van der Waals surface area contributed by atoms with E-state index in [1.807, 2.05) is 6.92 Å². The normalized spacial score (nSPS) is 24.3. The molecule has 1 amide bonds. The van der Waals surface area contributed by atoms with E-state index in [1.54, 1.807) is 12.0 Å². The van der Waals surface area contributed by atoms with Gasteiger partial charge in [-0.15, -0.1) is 0 Å². The zero-order chi connectivity index (χ0) is 11.3. The van der Waals surface area contributed by atoms with Crippen LogP contribution in [0.2, 0.25) is 0 Å². The second-order valence-corrected chi connectivity index (χ2v) is 3.83. The highest BCUT2D eigenvalue weighted by molar-refractivity contribution is 5.82. The Bertz CT molecular complexity index is 205. The van der Waals surface area contributed by atoms with Crippen molar-refractivity contribution in [3.05, 3.63) is 0 Å². The molecule has 2 N–H and O–H groups in total. The van der Waals surface area contributed by atoms with Crippen LogP contribution < -0.4 is 5.32 Å². The molecule has 2 atom stereocenters. The van der Waals surface area contributed by atoms with Crippen molar-refractivity contribution >= 4 is 5.91 Å². The molecule has 1 aliphatic heterocycles. The lowest BCUT2D eigenvalue weighted by atomic mass is 10.1. The Balaban J connectivity index is 2.59. The van der Waals surface area contributed by atoms with Crippen molar-refractivity contribution in [3.8, 4) is 0 Å². The molecule has 1 fully saturated rings. The van der Waals surface area contributed by atoms with Crippen molar-refractivity contribution in [2.75, 3.05) is 33.4 Å². The van der Waals surface area contributed by atoms with Crippen molar-refractivity contribution in [2.24, 2.45) is 0 Å². The number of aliphatic hydroxyl groups excluding tert-OH is 1. The summed E-state index contributed by atoms with van der Waals surface area (Å²) >= 11 is 0. The van der Waals surface area contributed by atoms with Crippen LogP contribution in [-0.4, -0.2) is 61.4 Å². The zero-order valence-corrected chi connectivity index (χ0v) is 9.40. The van der Waals surface area contributed by atoms with Crippen LogP contribution in [0.4, 0.5) is 0 Å². The van der Waals surface area contributed by atoms with Gasteiger partial charge >= 0.3 is 0 Å². The summed E-state index contributed by atoms with van der Waals surface area (Å²) in [4.78, 5) is 13.6. The van der Waals surface area contributed by atoms with Crippen molar-refractivity contribution in [3.63, 3.8) is 0 Å². The second-order valence-electron chi connectivity index (χ2n) is 3.83. The molecule has 1 saturated heterocycles. The molecule has 0 radical (unpaired) electrons. The van der Waals surface area contributed by atoms with E-state index in [0.717, 1.165) is 6.54 Å². The van der Waals surface area contributed by atoms with Gasteiger partial charge in [0.1, 0.15) is 0 Å². The van der Waals surface area contributed by atoms with Gasteiger partial charge in [0.2, 0.25) is 5.91 Å². The van der Waals surface area contributed by atoms with Crippen molar-refractivity contribution in [1.29, 1.82) is 0 Å². The SMILES string of the molecule is COC[C@H](CCO)N1CCNC(C)C1=O. The molecule has 1 heterocycles. The van der Waals surface area contributed by atoms with Gasteiger partial charge in [0.05, 0.1) is 18.7 Å². The first kappa shape index (κ1) is 12.4. The quantitative estimate of drug-likeness (QED) is 0.632. The number of piperazine rings is 1. The molecule has 0 aliphatic carbocycles. The Labute approximate surface area is 90.4 Å². The summed E-state index contributed by atoms with van der Waals surface area (Å²) < 4.78 is 5.07. The lowest BCUT2D eigenvalue weighted by Crippen LogP contribution is -2.58. The van der Waals surface area contributed by atoms with Crippen LogP contribution >= 0.6 is 0 Å². The molecule has 5 nitrogen and oxygen atoms in total. The van der Waals surface area contributed by atoms with E-state index < -0.39 is 0 Å². The maximum atomic E-state index is 11.8. The number of methoxy groups -OCH3 is 1. The molecular formula is C10H20N2O3. The number of nitrogens with zero attached hydrogens (tertiary/aromatic N) is 1. The van der Waals surface area contributed by atoms with Gasteiger partial charge in [0.15, 0.2) is 0 Å². The van der Waals surface area contributed by atoms with Gasteiger partial charge in [-0.25, -0.2) is 0 Å². The van der Waals surface area contributed by atoms with E-state index in [2.05, 4.69) is 5.32 Å². The minimum absolute atomic E-state index is 0.00273. The molecule has 0 aromatic rings. The van der Waals surface area contributed by atoms with Gasteiger partial charge in [-0.1, -0.05) is 0 Å². The van der Waals surface area contributed by atoms with Crippen LogP contribution in [0, 0.1) is 0 Å². The number of hydrogen-bond donors (Lipinski definition) is 2. The van der Waals surface area contributed by atoms with Crippen LogP contribution in [0.15, 0.2) is 0 Å². The van der Waals surface area contributed by atoms with Gasteiger partial charge in [-0.2, -0.15) is 0 Å². The van der Waals surface area contributed by atoms with Crippen molar-refractivity contribution in [1.82, 2.24) is 10.2 Å². The summed E-state index contributed by atoms with van der Waals surface area (Å²) in [5.74, 6) is 0.0942. The average Bonchev–Trinajstić information content (AvgIpc) is 2.22. The monoisotopic (exact) mass is 216 g/mol. The maximum absolute atomic E-state index is 11.8. The van der Waals surface area contributed by atoms with E-state index in [1.165, 1.54) is 0 Å². The van der Waals surface area contributed by atoms with Gasteiger partial charge in [0, 0.05) is 26.8 Å². The Morgan fingerprint density at radius 3 is 3.07 bits per heavy atom. The Morgan fingerprint density at radius 2 is 2.47 bits per heavy atom. The van der Waals surface area contributed by atoms with Gasteiger partial charge < -0.3 is 20.1 Å². The molecule has 1 unspecified atom stereocenters. The third-order valence-electron chi connectivity index (χ3n) is 2.72. The van der Waals surface area contributed by atoms with E-state index >= 15 is 0 Å². The van der Waals surface area contributed by atoms with Crippen molar-refractivity contribution in [2.45, 2.75) is 25.4 Å². The standard InChI is InChI=1S/C10H20N2O3/c1-8-10(14)12(5-4-11-8)9(3-6-13)7-15-2/h8-9,11,13H,3-7H2,1-2H3/t8?,9-/m0/s1. The summed E-state index contributed by atoms with van der Waals surface area (Å²) in [6.07, 6.45) is 0.576. The molecule has 0 bridgehead atoms. The number of nitrogens with one attached hydrogen (secondary N) is 1. The number of amides is 1. The first-order valence-electron chi connectivity index (χ1n) is 5.34. The molecule has 88 valence electrons. The average molecular weight is 216 g/mol. The molecule has 0 saturated carbocycles. The largest absolute Gasteiger partial charge is 0.396 e. The van der Waals surface area contributed by atoms with E-state index in [0.29, 0.717) is 19.6 Å². The van der Waals surface area contributed by atoms with Crippen LogP contribution in [0.25, 0.3) is 0 Å². The van der Waals surface area contributed by atoms with Crippen LogP contribution in [-0.2, 0) is 9.53 Å². The second kappa shape index (κ2) is 6.05. The fourth-order valence-electron chi connectivity index (χ4n) is 1.88. The topological polar surface area (TPSA) is 61.8 Å². The summed E-state index contributed by atoms with van der Waals surface area (Å²) in [5.41, 5.74) is 0. The molecule has 5 heteroatoms. The summed E-state index contributed by atoms with van der Waals surface area (Å²) in [5, 5.41) is 12.0. The summed E-state index contributed by atoms with van der Waals surface area (Å²) in [7, 11) is 1.61. The van der Waals surface area contributed by atoms with Crippen LogP contribution in [0.3, 0.4) is 0 Å². The molecule has 15 heavy (non-hydrogen) atoms. The fourth-order valence-corrected chi connectivity index (χ4v) is 1.88. The molecule has 0 spiro atoms. The van der Waals surface area contributed by atoms with Crippen molar-refractivity contribution < 1.29 is 14.6 Å². The Morgan fingerprint density at radius 1 is 1.73 bits per heavy atom. The molecular weight excluding hydrogens is 196 g/mol. The highest BCUT2D eigenvalue weighted by atomic mass is 16.5. The van der Waals surface area contributed by atoms with E-state index in [-0.39, 0.29) is 24.6 Å². The third kappa shape index (κ3) is 3.15. The zero-order valence-electron chi connectivity index (χ0n) is 9.40. The molecule has 0 aromatic heterocycles. The molecule has 1 rings (SSSR count). The van der Waals surface area contributed by atoms with E-state index in [9.17, 15) is 4.79 Å². The minimum atomic E-state index is -0.128. The number of aliphatic hydroxyl groups is 1. The minimum Gasteiger partial charge on any atom is -0.396 e. The summed E-state index contributed by atoms with van der Waals surface area (Å²) in [6.45, 7) is 3.92. The number of carbonyl (C=O) groups excluding carboxylic acids is 1.